The van der Waals surface area contributed by atoms with Crippen molar-refractivity contribution in [1.29, 1.82) is 0 Å². The van der Waals surface area contributed by atoms with Gasteiger partial charge in [0.15, 0.2) is 0 Å². The summed E-state index contributed by atoms with van der Waals surface area (Å²) in [6.07, 6.45) is 1.10. The highest BCUT2D eigenvalue weighted by Gasteiger charge is 2.21. The molecule has 1 unspecified atom stereocenters. The first kappa shape index (κ1) is 14.4. The van der Waals surface area contributed by atoms with Gasteiger partial charge in [0.05, 0.1) is 0 Å². The van der Waals surface area contributed by atoms with E-state index in [1.54, 1.807) is 0 Å². The Labute approximate surface area is 116 Å². The van der Waals surface area contributed by atoms with Crippen LogP contribution in [0, 0.1) is 5.92 Å². The SMILES string of the molecule is CC(C)(C)NCc1ccc(N2CCC(CO)C2)cc1. The number of anilines is 1. The molecule has 1 heterocycles. The van der Waals surface area contributed by atoms with Crippen molar-refractivity contribution in [3.63, 3.8) is 0 Å². The maximum Gasteiger partial charge on any atom is 0.0476 e. The van der Waals surface area contributed by atoms with E-state index in [-0.39, 0.29) is 5.54 Å². The van der Waals surface area contributed by atoms with Crippen LogP contribution in [0.2, 0.25) is 0 Å². The minimum atomic E-state index is 0.155. The van der Waals surface area contributed by atoms with E-state index < -0.39 is 0 Å². The lowest BCUT2D eigenvalue weighted by Crippen LogP contribution is -2.35. The molecule has 1 fully saturated rings. The van der Waals surface area contributed by atoms with Crippen LogP contribution in [0.4, 0.5) is 5.69 Å². The van der Waals surface area contributed by atoms with Crippen molar-refractivity contribution in [2.24, 2.45) is 5.92 Å². The summed E-state index contributed by atoms with van der Waals surface area (Å²) >= 11 is 0. The topological polar surface area (TPSA) is 35.5 Å². The quantitative estimate of drug-likeness (QED) is 0.874. The maximum atomic E-state index is 9.19. The molecule has 3 heteroatoms. The predicted octanol–water partition coefficient (Wildman–Crippen LogP) is 2.39. The van der Waals surface area contributed by atoms with Crippen LogP contribution in [0.5, 0.6) is 0 Å². The normalized spacial score (nSPS) is 20.0. The number of hydrogen-bond donors (Lipinski definition) is 2. The van der Waals surface area contributed by atoms with Gasteiger partial charge in [-0.1, -0.05) is 12.1 Å². The van der Waals surface area contributed by atoms with E-state index in [2.05, 4.69) is 55.3 Å². The Morgan fingerprint density at radius 3 is 2.47 bits per heavy atom. The molecule has 1 aliphatic rings. The average Bonchev–Trinajstić information content (AvgIpc) is 2.85. The smallest absolute Gasteiger partial charge is 0.0476 e. The number of rotatable bonds is 4. The molecule has 0 bridgehead atoms. The van der Waals surface area contributed by atoms with Crippen LogP contribution >= 0.6 is 0 Å². The Bertz CT molecular complexity index is 394. The van der Waals surface area contributed by atoms with E-state index >= 15 is 0 Å². The second-order valence-corrected chi connectivity index (χ2v) is 6.55. The van der Waals surface area contributed by atoms with Gasteiger partial charge < -0.3 is 15.3 Å². The van der Waals surface area contributed by atoms with Gasteiger partial charge in [0.1, 0.15) is 0 Å². The molecule has 0 radical (unpaired) electrons. The summed E-state index contributed by atoms with van der Waals surface area (Å²) in [7, 11) is 0. The van der Waals surface area contributed by atoms with E-state index in [1.807, 2.05) is 0 Å². The van der Waals surface area contributed by atoms with Gasteiger partial charge in [0.25, 0.3) is 0 Å². The second kappa shape index (κ2) is 5.93. The van der Waals surface area contributed by atoms with E-state index in [1.165, 1.54) is 11.3 Å². The van der Waals surface area contributed by atoms with E-state index in [9.17, 15) is 5.11 Å². The molecule has 3 nitrogen and oxygen atoms in total. The lowest BCUT2D eigenvalue weighted by atomic mass is 10.1. The van der Waals surface area contributed by atoms with Crippen molar-refractivity contribution in [3.8, 4) is 0 Å². The lowest BCUT2D eigenvalue weighted by Gasteiger charge is -2.21. The molecule has 1 aromatic rings. The van der Waals surface area contributed by atoms with E-state index in [0.29, 0.717) is 12.5 Å². The highest BCUT2D eigenvalue weighted by atomic mass is 16.3. The Hall–Kier alpha value is -1.06. The first-order chi connectivity index (χ1) is 8.98. The number of hydrogen-bond acceptors (Lipinski definition) is 3. The van der Waals surface area contributed by atoms with Gasteiger partial charge in [-0.05, 0) is 44.9 Å². The molecular formula is C16H26N2O. The first-order valence-electron chi connectivity index (χ1n) is 7.18. The number of aliphatic hydroxyl groups is 1. The maximum absolute atomic E-state index is 9.19. The average molecular weight is 262 g/mol. The summed E-state index contributed by atoms with van der Waals surface area (Å²) in [5.74, 6) is 0.447. The highest BCUT2D eigenvalue weighted by Crippen LogP contribution is 2.23. The van der Waals surface area contributed by atoms with Crippen LogP contribution in [0.3, 0.4) is 0 Å². The van der Waals surface area contributed by atoms with E-state index in [0.717, 1.165) is 26.1 Å². The molecule has 19 heavy (non-hydrogen) atoms. The summed E-state index contributed by atoms with van der Waals surface area (Å²) in [5, 5.41) is 12.7. The van der Waals surface area contributed by atoms with Crippen molar-refractivity contribution in [2.75, 3.05) is 24.6 Å². The molecule has 1 aliphatic heterocycles. The second-order valence-electron chi connectivity index (χ2n) is 6.55. The molecule has 106 valence electrons. The molecule has 0 aliphatic carbocycles. The highest BCUT2D eigenvalue weighted by molar-refractivity contribution is 5.48. The van der Waals surface area contributed by atoms with Gasteiger partial charge in [-0.2, -0.15) is 0 Å². The van der Waals surface area contributed by atoms with Crippen molar-refractivity contribution in [1.82, 2.24) is 5.32 Å². The summed E-state index contributed by atoms with van der Waals surface area (Å²) in [5.41, 5.74) is 2.74. The minimum absolute atomic E-state index is 0.155. The van der Waals surface area contributed by atoms with Gasteiger partial charge in [0.2, 0.25) is 0 Å². The Morgan fingerprint density at radius 1 is 1.26 bits per heavy atom. The Kier molecular flexibility index (Phi) is 4.48. The Balaban J connectivity index is 1.92. The fourth-order valence-corrected chi connectivity index (χ4v) is 2.41. The zero-order chi connectivity index (χ0) is 13.9. The van der Waals surface area contributed by atoms with Crippen LogP contribution in [-0.2, 0) is 6.54 Å². The molecular weight excluding hydrogens is 236 g/mol. The first-order valence-corrected chi connectivity index (χ1v) is 7.18. The monoisotopic (exact) mass is 262 g/mol. The number of benzene rings is 1. The van der Waals surface area contributed by atoms with Crippen LogP contribution in [0.15, 0.2) is 24.3 Å². The van der Waals surface area contributed by atoms with Gasteiger partial charge in [-0.25, -0.2) is 0 Å². The van der Waals surface area contributed by atoms with Gasteiger partial charge >= 0.3 is 0 Å². The number of nitrogens with one attached hydrogen (secondary N) is 1. The van der Waals surface area contributed by atoms with Crippen LogP contribution < -0.4 is 10.2 Å². The molecule has 1 saturated heterocycles. The number of nitrogens with zero attached hydrogens (tertiary/aromatic N) is 1. The summed E-state index contributed by atoms with van der Waals surface area (Å²) in [6, 6.07) is 8.78. The third-order valence-corrected chi connectivity index (χ3v) is 3.67. The standard InChI is InChI=1S/C16H26N2O/c1-16(2,3)17-10-13-4-6-15(7-5-13)18-9-8-14(11-18)12-19/h4-7,14,17,19H,8-12H2,1-3H3. The summed E-state index contributed by atoms with van der Waals surface area (Å²) in [4.78, 5) is 2.36. The molecule has 0 amide bonds. The minimum Gasteiger partial charge on any atom is -0.396 e. The summed E-state index contributed by atoms with van der Waals surface area (Å²) < 4.78 is 0. The molecule has 0 aromatic heterocycles. The fourth-order valence-electron chi connectivity index (χ4n) is 2.41. The van der Waals surface area contributed by atoms with Crippen molar-refractivity contribution in [3.05, 3.63) is 29.8 Å². The molecule has 1 aromatic carbocycles. The van der Waals surface area contributed by atoms with Crippen molar-refractivity contribution in [2.45, 2.75) is 39.3 Å². The van der Waals surface area contributed by atoms with Gasteiger partial charge in [0, 0.05) is 43.4 Å². The third-order valence-electron chi connectivity index (χ3n) is 3.67. The molecule has 0 spiro atoms. The van der Waals surface area contributed by atoms with E-state index in [4.69, 9.17) is 0 Å². The summed E-state index contributed by atoms with van der Waals surface area (Å²) in [6.45, 7) is 9.80. The van der Waals surface area contributed by atoms with Crippen molar-refractivity contribution >= 4 is 5.69 Å². The molecule has 0 saturated carbocycles. The lowest BCUT2D eigenvalue weighted by molar-refractivity contribution is 0.238. The molecule has 2 rings (SSSR count). The van der Waals surface area contributed by atoms with Crippen LogP contribution in [0.1, 0.15) is 32.8 Å². The van der Waals surface area contributed by atoms with Gasteiger partial charge in [-0.15, -0.1) is 0 Å². The fraction of sp³-hybridized carbons (Fsp3) is 0.625. The number of aliphatic hydroxyl groups excluding tert-OH is 1. The zero-order valence-electron chi connectivity index (χ0n) is 12.3. The van der Waals surface area contributed by atoms with Gasteiger partial charge in [-0.3, -0.25) is 0 Å². The molecule has 1 atom stereocenters. The van der Waals surface area contributed by atoms with Crippen LogP contribution in [-0.4, -0.2) is 30.3 Å². The van der Waals surface area contributed by atoms with Crippen LogP contribution in [0.25, 0.3) is 0 Å². The van der Waals surface area contributed by atoms with Crippen molar-refractivity contribution < 1.29 is 5.11 Å². The molecule has 2 N–H and O–H groups in total. The largest absolute Gasteiger partial charge is 0.396 e. The Morgan fingerprint density at radius 2 is 1.95 bits per heavy atom. The zero-order valence-corrected chi connectivity index (χ0v) is 12.3. The third kappa shape index (κ3) is 4.22. The predicted molar refractivity (Wildman–Crippen MR) is 80.4 cm³/mol.